The van der Waals surface area contributed by atoms with Crippen LogP contribution in [0.1, 0.15) is 43.1 Å². The number of aliphatic carboxylic acids is 1. The molecule has 0 fully saturated rings. The van der Waals surface area contributed by atoms with E-state index in [1.807, 2.05) is 0 Å². The number of nitrogens with one attached hydrogen (secondary N) is 2. The maximum atomic E-state index is 12.3. The van der Waals surface area contributed by atoms with E-state index in [2.05, 4.69) is 10.6 Å². The van der Waals surface area contributed by atoms with Crippen molar-refractivity contribution in [3.05, 3.63) is 59.7 Å². The fourth-order valence-electron chi connectivity index (χ4n) is 2.34. The standard InChI is InChI=1S/C21H24N2O5/c1-21(2,3)28-20(27)23-17-11-9-16(10-12-17)22-19(26)15-7-4-14(5-8-15)6-13-18(24)25/h4-5,7-12H,6,13H2,1-3H3,(H,22,26)(H,23,27)(H,24,25). The Kier molecular flexibility index (Phi) is 6.76. The lowest BCUT2D eigenvalue weighted by Gasteiger charge is -2.19. The number of ether oxygens (including phenoxy) is 1. The second kappa shape index (κ2) is 9.03. The molecule has 28 heavy (non-hydrogen) atoms. The molecule has 3 N–H and O–H groups in total. The van der Waals surface area contributed by atoms with Crippen molar-refractivity contribution in [3.63, 3.8) is 0 Å². The molecule has 7 heteroatoms. The lowest BCUT2D eigenvalue weighted by Crippen LogP contribution is -2.27. The first-order valence-electron chi connectivity index (χ1n) is 8.84. The molecule has 0 radical (unpaired) electrons. The molecular formula is C21H24N2O5. The second-order valence-corrected chi connectivity index (χ2v) is 7.25. The number of aryl methyl sites for hydroxylation is 1. The van der Waals surface area contributed by atoms with Crippen LogP contribution in [0.5, 0.6) is 0 Å². The summed E-state index contributed by atoms with van der Waals surface area (Å²) in [5, 5.41) is 14.1. The zero-order chi connectivity index (χ0) is 20.7. The van der Waals surface area contributed by atoms with Gasteiger partial charge in [0.25, 0.3) is 5.91 Å². The van der Waals surface area contributed by atoms with Crippen LogP contribution in [0, 0.1) is 0 Å². The molecule has 0 spiro atoms. The summed E-state index contributed by atoms with van der Waals surface area (Å²) >= 11 is 0. The summed E-state index contributed by atoms with van der Waals surface area (Å²) in [7, 11) is 0. The van der Waals surface area contributed by atoms with Crippen LogP contribution in [0.2, 0.25) is 0 Å². The molecule has 0 atom stereocenters. The fourth-order valence-corrected chi connectivity index (χ4v) is 2.34. The van der Waals surface area contributed by atoms with E-state index in [0.717, 1.165) is 5.56 Å². The van der Waals surface area contributed by atoms with Crippen LogP contribution in [-0.4, -0.2) is 28.7 Å². The van der Waals surface area contributed by atoms with Crippen LogP contribution < -0.4 is 10.6 Å². The smallest absolute Gasteiger partial charge is 0.412 e. The van der Waals surface area contributed by atoms with Crippen molar-refractivity contribution in [1.29, 1.82) is 0 Å². The van der Waals surface area contributed by atoms with Gasteiger partial charge in [-0.15, -0.1) is 0 Å². The monoisotopic (exact) mass is 384 g/mol. The number of carboxylic acids is 1. The van der Waals surface area contributed by atoms with E-state index in [9.17, 15) is 14.4 Å². The molecular weight excluding hydrogens is 360 g/mol. The number of hydrogen-bond donors (Lipinski definition) is 3. The highest BCUT2D eigenvalue weighted by molar-refractivity contribution is 6.04. The van der Waals surface area contributed by atoms with Crippen molar-refractivity contribution in [2.75, 3.05) is 10.6 Å². The summed E-state index contributed by atoms with van der Waals surface area (Å²) in [6.07, 6.45) is -0.0780. The summed E-state index contributed by atoms with van der Waals surface area (Å²) in [4.78, 5) is 34.7. The SMILES string of the molecule is CC(C)(C)OC(=O)Nc1ccc(NC(=O)c2ccc(CCC(=O)O)cc2)cc1. The first-order valence-corrected chi connectivity index (χ1v) is 8.84. The quantitative estimate of drug-likeness (QED) is 0.689. The van der Waals surface area contributed by atoms with Crippen LogP contribution in [0.25, 0.3) is 0 Å². The lowest BCUT2D eigenvalue weighted by molar-refractivity contribution is -0.136. The molecule has 148 valence electrons. The van der Waals surface area contributed by atoms with Gasteiger partial charge in [-0.05, 0) is 69.2 Å². The zero-order valence-corrected chi connectivity index (χ0v) is 16.1. The molecule has 0 bridgehead atoms. The normalized spacial score (nSPS) is 10.8. The van der Waals surface area contributed by atoms with Crippen molar-refractivity contribution in [3.8, 4) is 0 Å². The van der Waals surface area contributed by atoms with E-state index in [1.165, 1.54) is 0 Å². The van der Waals surface area contributed by atoms with Gasteiger partial charge in [0.1, 0.15) is 5.60 Å². The van der Waals surface area contributed by atoms with E-state index in [0.29, 0.717) is 23.4 Å². The zero-order valence-electron chi connectivity index (χ0n) is 16.1. The minimum absolute atomic E-state index is 0.0508. The highest BCUT2D eigenvalue weighted by Crippen LogP contribution is 2.17. The number of carboxylic acid groups (broad SMARTS) is 1. The molecule has 2 aromatic carbocycles. The Morgan fingerprint density at radius 2 is 1.43 bits per heavy atom. The molecule has 0 aliphatic heterocycles. The number of hydrogen-bond acceptors (Lipinski definition) is 4. The molecule has 0 aliphatic carbocycles. The summed E-state index contributed by atoms with van der Waals surface area (Å²) in [5.41, 5.74) is 1.87. The molecule has 0 saturated carbocycles. The minimum Gasteiger partial charge on any atom is -0.481 e. The molecule has 0 aliphatic rings. The molecule has 0 saturated heterocycles. The van der Waals surface area contributed by atoms with E-state index in [4.69, 9.17) is 9.84 Å². The number of carbonyl (C=O) groups is 3. The lowest BCUT2D eigenvalue weighted by atomic mass is 10.1. The minimum atomic E-state index is -0.855. The van der Waals surface area contributed by atoms with Crippen molar-refractivity contribution in [2.24, 2.45) is 0 Å². The van der Waals surface area contributed by atoms with Gasteiger partial charge in [0.05, 0.1) is 0 Å². The highest BCUT2D eigenvalue weighted by Gasteiger charge is 2.16. The van der Waals surface area contributed by atoms with Gasteiger partial charge in [-0.3, -0.25) is 14.9 Å². The van der Waals surface area contributed by atoms with E-state index >= 15 is 0 Å². The Morgan fingerprint density at radius 3 is 1.93 bits per heavy atom. The van der Waals surface area contributed by atoms with E-state index in [-0.39, 0.29) is 12.3 Å². The maximum Gasteiger partial charge on any atom is 0.412 e. The highest BCUT2D eigenvalue weighted by atomic mass is 16.6. The molecule has 2 rings (SSSR count). The average Bonchev–Trinajstić information content (AvgIpc) is 2.60. The number of amides is 2. The first-order chi connectivity index (χ1) is 13.1. The topological polar surface area (TPSA) is 105 Å². The average molecular weight is 384 g/mol. The van der Waals surface area contributed by atoms with Gasteiger partial charge in [0.15, 0.2) is 0 Å². The first kappa shape index (κ1) is 21.0. The Labute approximate surface area is 163 Å². The van der Waals surface area contributed by atoms with Crippen molar-refractivity contribution < 1.29 is 24.2 Å². The summed E-state index contributed by atoms with van der Waals surface area (Å²) in [5.74, 6) is -1.14. The second-order valence-electron chi connectivity index (χ2n) is 7.25. The van der Waals surface area contributed by atoms with Crippen LogP contribution in [0.15, 0.2) is 48.5 Å². The molecule has 2 amide bonds. The van der Waals surface area contributed by atoms with Gasteiger partial charge in [-0.25, -0.2) is 4.79 Å². The van der Waals surface area contributed by atoms with Crippen LogP contribution in [0.4, 0.5) is 16.2 Å². The molecule has 0 unspecified atom stereocenters. The number of rotatable bonds is 6. The molecule has 7 nitrogen and oxygen atoms in total. The van der Waals surface area contributed by atoms with Crippen LogP contribution >= 0.6 is 0 Å². The van der Waals surface area contributed by atoms with Crippen molar-refractivity contribution >= 4 is 29.3 Å². The Morgan fingerprint density at radius 1 is 0.893 bits per heavy atom. The van der Waals surface area contributed by atoms with E-state index in [1.54, 1.807) is 69.3 Å². The number of benzene rings is 2. The molecule has 0 heterocycles. The third-order valence-corrected chi connectivity index (χ3v) is 3.63. The third-order valence-electron chi connectivity index (χ3n) is 3.63. The number of anilines is 2. The van der Waals surface area contributed by atoms with E-state index < -0.39 is 17.7 Å². The van der Waals surface area contributed by atoms with Crippen LogP contribution in [-0.2, 0) is 16.0 Å². The van der Waals surface area contributed by atoms with Crippen LogP contribution in [0.3, 0.4) is 0 Å². The Hall–Kier alpha value is -3.35. The predicted molar refractivity (Wildman–Crippen MR) is 107 cm³/mol. The summed E-state index contributed by atoms with van der Waals surface area (Å²) in [6.45, 7) is 5.34. The van der Waals surface area contributed by atoms with Crippen molar-refractivity contribution in [2.45, 2.75) is 39.2 Å². The third kappa shape index (κ3) is 7.11. The summed E-state index contributed by atoms with van der Waals surface area (Å²) < 4.78 is 5.18. The van der Waals surface area contributed by atoms with Gasteiger partial charge in [-0.2, -0.15) is 0 Å². The molecule has 0 aromatic heterocycles. The Bertz CT molecular complexity index is 837. The summed E-state index contributed by atoms with van der Waals surface area (Å²) in [6, 6.07) is 13.5. The Balaban J connectivity index is 1.91. The van der Waals surface area contributed by atoms with Crippen molar-refractivity contribution in [1.82, 2.24) is 0 Å². The number of carbonyl (C=O) groups excluding carboxylic acids is 2. The maximum absolute atomic E-state index is 12.3. The van der Waals surface area contributed by atoms with Gasteiger partial charge < -0.3 is 15.2 Å². The van der Waals surface area contributed by atoms with Gasteiger partial charge in [0, 0.05) is 23.4 Å². The van der Waals surface area contributed by atoms with Gasteiger partial charge in [0.2, 0.25) is 0 Å². The largest absolute Gasteiger partial charge is 0.481 e. The fraction of sp³-hybridized carbons (Fsp3) is 0.286. The van der Waals surface area contributed by atoms with Gasteiger partial charge >= 0.3 is 12.1 Å². The molecule has 2 aromatic rings. The van der Waals surface area contributed by atoms with Gasteiger partial charge in [-0.1, -0.05) is 12.1 Å². The predicted octanol–water partition coefficient (Wildman–Crippen LogP) is 4.30.